The van der Waals surface area contributed by atoms with Gasteiger partial charge in [0.2, 0.25) is 5.91 Å². The van der Waals surface area contributed by atoms with Crippen molar-refractivity contribution in [1.29, 1.82) is 0 Å². The summed E-state index contributed by atoms with van der Waals surface area (Å²) < 4.78 is 5.66. The lowest BCUT2D eigenvalue weighted by molar-refractivity contribution is -0.142. The van der Waals surface area contributed by atoms with E-state index in [9.17, 15) is 14.4 Å². The van der Waals surface area contributed by atoms with Crippen LogP contribution in [0.4, 0.5) is 0 Å². The van der Waals surface area contributed by atoms with Crippen molar-refractivity contribution in [2.45, 2.75) is 18.6 Å². The summed E-state index contributed by atoms with van der Waals surface area (Å²) in [4.78, 5) is 33.1. The first kappa shape index (κ1) is 15.8. The van der Waals surface area contributed by atoms with E-state index in [4.69, 9.17) is 20.7 Å². The van der Waals surface area contributed by atoms with E-state index in [-0.39, 0.29) is 13.0 Å². The van der Waals surface area contributed by atoms with Crippen LogP contribution in [0, 0.1) is 5.92 Å². The van der Waals surface area contributed by atoms with Crippen molar-refractivity contribution >= 4 is 17.8 Å². The highest BCUT2D eigenvalue weighted by Crippen LogP contribution is 2.25. The summed E-state index contributed by atoms with van der Waals surface area (Å²) in [5.74, 6) is -3.04. The molecule has 1 saturated heterocycles. The number of hydrogen-bond acceptors (Lipinski definition) is 5. The highest BCUT2D eigenvalue weighted by atomic mass is 16.5. The van der Waals surface area contributed by atoms with Crippen LogP contribution in [0.1, 0.15) is 16.8 Å². The molecule has 0 radical (unpaired) electrons. The number of aliphatic carboxylic acids is 2. The number of nitrogens with two attached hydrogens (primary N) is 1. The van der Waals surface area contributed by atoms with Gasteiger partial charge in [-0.1, -0.05) is 0 Å². The van der Waals surface area contributed by atoms with Crippen LogP contribution in [0.3, 0.4) is 0 Å². The van der Waals surface area contributed by atoms with Gasteiger partial charge in [-0.3, -0.25) is 14.4 Å². The summed E-state index contributed by atoms with van der Waals surface area (Å²) in [6.07, 6.45) is -0.898. The number of benzene rings is 1. The molecule has 8 nitrogen and oxygen atoms in total. The Kier molecular flexibility index (Phi) is 4.62. The number of carbonyl (C=O) groups excluding carboxylic acids is 1. The van der Waals surface area contributed by atoms with E-state index < -0.39 is 35.9 Å². The van der Waals surface area contributed by atoms with E-state index in [1.165, 1.54) is 24.3 Å². The maximum absolute atomic E-state index is 11.1. The number of carboxylic acids is 2. The zero-order valence-corrected chi connectivity index (χ0v) is 11.6. The van der Waals surface area contributed by atoms with Crippen LogP contribution >= 0.6 is 0 Å². The second-order valence-corrected chi connectivity index (χ2v) is 5.03. The second-order valence-electron chi connectivity index (χ2n) is 5.03. The summed E-state index contributed by atoms with van der Waals surface area (Å²) in [5.41, 5.74) is 5.46. The zero-order chi connectivity index (χ0) is 16.3. The fraction of sp³-hybridized carbons (Fsp3) is 0.357. The highest BCUT2D eigenvalue weighted by Gasteiger charge is 2.42. The van der Waals surface area contributed by atoms with Crippen molar-refractivity contribution < 1.29 is 29.3 Å². The maximum atomic E-state index is 11.1. The third-order valence-electron chi connectivity index (χ3n) is 3.55. The van der Waals surface area contributed by atoms with Crippen molar-refractivity contribution in [1.82, 2.24) is 5.32 Å². The zero-order valence-electron chi connectivity index (χ0n) is 11.6. The molecule has 1 aliphatic heterocycles. The van der Waals surface area contributed by atoms with E-state index >= 15 is 0 Å². The molecule has 0 saturated carbocycles. The molecule has 1 aromatic rings. The Morgan fingerprint density at radius 2 is 1.86 bits per heavy atom. The van der Waals surface area contributed by atoms with Gasteiger partial charge in [-0.05, 0) is 24.3 Å². The summed E-state index contributed by atoms with van der Waals surface area (Å²) in [5, 5.41) is 20.8. The number of rotatable bonds is 6. The Morgan fingerprint density at radius 1 is 1.23 bits per heavy atom. The van der Waals surface area contributed by atoms with Gasteiger partial charge in [-0.25, -0.2) is 0 Å². The van der Waals surface area contributed by atoms with Gasteiger partial charge < -0.3 is 26.0 Å². The molecule has 22 heavy (non-hydrogen) atoms. The predicted molar refractivity (Wildman–Crippen MR) is 74.5 cm³/mol. The molecule has 0 bridgehead atoms. The molecule has 1 fully saturated rings. The standard InChI is InChI=1S/C14H16N2O6/c15-13(19)7-1-3-8(4-2-7)22-10-6-16-12(14(20)21)9(10)5-11(17)18/h1-4,9-10,12,16H,5-6H2,(H2,15,19)(H,17,18)(H,20,21)/t9-,10?,12-/m0/s1. The van der Waals surface area contributed by atoms with Crippen molar-refractivity contribution in [2.75, 3.05) is 6.54 Å². The lowest BCUT2D eigenvalue weighted by Gasteiger charge is -2.21. The van der Waals surface area contributed by atoms with E-state index in [2.05, 4.69) is 5.32 Å². The van der Waals surface area contributed by atoms with Crippen molar-refractivity contribution in [3.63, 3.8) is 0 Å². The van der Waals surface area contributed by atoms with Crippen LogP contribution in [-0.2, 0) is 9.59 Å². The van der Waals surface area contributed by atoms with E-state index in [1.807, 2.05) is 0 Å². The molecule has 0 aliphatic carbocycles. The minimum absolute atomic E-state index is 0.229. The quantitative estimate of drug-likeness (QED) is 0.564. The van der Waals surface area contributed by atoms with Crippen molar-refractivity contribution in [3.8, 4) is 5.75 Å². The van der Waals surface area contributed by atoms with Gasteiger partial charge in [0, 0.05) is 18.0 Å². The average Bonchev–Trinajstić information content (AvgIpc) is 2.82. The average molecular weight is 308 g/mol. The number of primary amides is 1. The molecular weight excluding hydrogens is 292 g/mol. The number of nitrogens with one attached hydrogen (secondary N) is 1. The second kappa shape index (κ2) is 6.44. The third-order valence-corrected chi connectivity index (χ3v) is 3.55. The van der Waals surface area contributed by atoms with Gasteiger partial charge in [0.25, 0.3) is 0 Å². The third kappa shape index (κ3) is 3.53. The molecule has 3 atom stereocenters. The van der Waals surface area contributed by atoms with Gasteiger partial charge in [-0.15, -0.1) is 0 Å². The van der Waals surface area contributed by atoms with Crippen LogP contribution in [-0.4, -0.2) is 46.7 Å². The smallest absolute Gasteiger partial charge is 0.321 e. The maximum Gasteiger partial charge on any atom is 0.321 e. The molecule has 1 unspecified atom stereocenters. The van der Waals surface area contributed by atoms with Crippen LogP contribution in [0.5, 0.6) is 5.75 Å². The van der Waals surface area contributed by atoms with Gasteiger partial charge >= 0.3 is 11.9 Å². The first-order chi connectivity index (χ1) is 10.4. The SMILES string of the molecule is NC(=O)c1ccc(OC2CN[C@H](C(=O)O)[C@H]2CC(=O)O)cc1. The molecule has 118 valence electrons. The van der Waals surface area contributed by atoms with E-state index in [0.29, 0.717) is 11.3 Å². The Balaban J connectivity index is 2.11. The fourth-order valence-electron chi connectivity index (χ4n) is 2.48. The van der Waals surface area contributed by atoms with E-state index in [1.54, 1.807) is 0 Å². The monoisotopic (exact) mass is 308 g/mol. The summed E-state index contributed by atoms with van der Waals surface area (Å²) in [6, 6.07) is 5.07. The topological polar surface area (TPSA) is 139 Å². The first-order valence-corrected chi connectivity index (χ1v) is 6.63. The molecule has 2 rings (SSSR count). The molecule has 0 spiro atoms. The Bertz CT molecular complexity index is 586. The van der Waals surface area contributed by atoms with E-state index in [0.717, 1.165) is 0 Å². The van der Waals surface area contributed by atoms with Gasteiger partial charge in [0.1, 0.15) is 17.9 Å². The van der Waals surface area contributed by atoms with Gasteiger partial charge in [0.15, 0.2) is 0 Å². The van der Waals surface area contributed by atoms with Crippen LogP contribution < -0.4 is 15.8 Å². The highest BCUT2D eigenvalue weighted by molar-refractivity contribution is 5.92. The molecule has 0 aromatic heterocycles. The number of carboxylic acid groups (broad SMARTS) is 2. The summed E-state index contributed by atoms with van der Waals surface area (Å²) in [7, 11) is 0. The Morgan fingerprint density at radius 3 is 2.36 bits per heavy atom. The van der Waals surface area contributed by atoms with Crippen LogP contribution in [0.2, 0.25) is 0 Å². The molecule has 8 heteroatoms. The molecule has 1 heterocycles. The predicted octanol–water partition coefficient (Wildman–Crippen LogP) is -0.320. The minimum atomic E-state index is -1.11. The molecular formula is C14H16N2O6. The summed E-state index contributed by atoms with van der Waals surface area (Å²) in [6.45, 7) is 0.229. The summed E-state index contributed by atoms with van der Waals surface area (Å²) >= 11 is 0. The van der Waals surface area contributed by atoms with Crippen molar-refractivity contribution in [3.05, 3.63) is 29.8 Å². The molecule has 5 N–H and O–H groups in total. The Hall–Kier alpha value is -2.61. The molecule has 1 aromatic carbocycles. The van der Waals surface area contributed by atoms with Gasteiger partial charge in [0.05, 0.1) is 6.42 Å². The number of hydrogen-bond donors (Lipinski definition) is 4. The van der Waals surface area contributed by atoms with Crippen LogP contribution in [0.15, 0.2) is 24.3 Å². The lowest BCUT2D eigenvalue weighted by Crippen LogP contribution is -2.38. The van der Waals surface area contributed by atoms with Gasteiger partial charge in [-0.2, -0.15) is 0 Å². The van der Waals surface area contributed by atoms with Crippen LogP contribution in [0.25, 0.3) is 0 Å². The fourth-order valence-corrected chi connectivity index (χ4v) is 2.48. The number of amides is 1. The Labute approximate surface area is 125 Å². The van der Waals surface area contributed by atoms with Crippen molar-refractivity contribution in [2.24, 2.45) is 11.7 Å². The first-order valence-electron chi connectivity index (χ1n) is 6.63. The normalized spacial score (nSPS) is 23.9. The lowest BCUT2D eigenvalue weighted by atomic mass is 9.94. The molecule has 1 amide bonds. The molecule has 1 aliphatic rings. The number of carbonyl (C=O) groups is 3. The number of ether oxygens (including phenoxy) is 1. The minimum Gasteiger partial charge on any atom is -0.489 e. The largest absolute Gasteiger partial charge is 0.489 e.